The Bertz CT molecular complexity index is 583. The summed E-state index contributed by atoms with van der Waals surface area (Å²) in [5.74, 6) is 0.943. The van der Waals surface area contributed by atoms with E-state index in [-0.39, 0.29) is 0 Å². The predicted octanol–water partition coefficient (Wildman–Crippen LogP) is 4.36. The molecule has 1 aliphatic rings. The maximum absolute atomic E-state index is 10.8. The van der Waals surface area contributed by atoms with Crippen molar-refractivity contribution in [2.24, 2.45) is 0 Å². The van der Waals surface area contributed by atoms with Crippen LogP contribution in [0.2, 0.25) is 0 Å². The number of carbonyl (C=O) groups is 1. The predicted molar refractivity (Wildman–Crippen MR) is 76.8 cm³/mol. The molecular formula is C17H18O2. The van der Waals surface area contributed by atoms with E-state index < -0.39 is 0 Å². The van der Waals surface area contributed by atoms with Gasteiger partial charge in [0.1, 0.15) is 12.0 Å². The first-order valence-electron chi connectivity index (χ1n) is 7.01. The van der Waals surface area contributed by atoms with Gasteiger partial charge in [-0.15, -0.1) is 0 Å². The van der Waals surface area contributed by atoms with Crippen LogP contribution in [0.4, 0.5) is 0 Å². The molecule has 19 heavy (non-hydrogen) atoms. The Morgan fingerprint density at radius 1 is 0.947 bits per heavy atom. The van der Waals surface area contributed by atoms with Gasteiger partial charge in [-0.25, -0.2) is 0 Å². The van der Waals surface area contributed by atoms with Gasteiger partial charge in [-0.1, -0.05) is 24.6 Å². The maximum atomic E-state index is 10.8. The van der Waals surface area contributed by atoms with E-state index in [9.17, 15) is 4.79 Å². The first kappa shape index (κ1) is 12.2. The van der Waals surface area contributed by atoms with Crippen molar-refractivity contribution < 1.29 is 9.53 Å². The molecule has 2 aromatic carbocycles. The van der Waals surface area contributed by atoms with Crippen molar-refractivity contribution in [3.05, 3.63) is 42.0 Å². The highest BCUT2D eigenvalue weighted by molar-refractivity contribution is 5.89. The van der Waals surface area contributed by atoms with Crippen molar-refractivity contribution in [1.29, 1.82) is 0 Å². The average Bonchev–Trinajstić information content (AvgIpc) is 2.48. The fraction of sp³-hybridized carbons (Fsp3) is 0.353. The highest BCUT2D eigenvalue weighted by Crippen LogP contribution is 2.26. The highest BCUT2D eigenvalue weighted by atomic mass is 16.5. The summed E-state index contributed by atoms with van der Waals surface area (Å²) in [4.78, 5) is 10.8. The molecule has 0 amide bonds. The van der Waals surface area contributed by atoms with Crippen molar-refractivity contribution >= 4 is 17.1 Å². The fourth-order valence-electron chi connectivity index (χ4n) is 2.76. The molecule has 1 fully saturated rings. The topological polar surface area (TPSA) is 26.3 Å². The molecule has 0 radical (unpaired) electrons. The van der Waals surface area contributed by atoms with Gasteiger partial charge in [0.15, 0.2) is 0 Å². The van der Waals surface area contributed by atoms with Crippen LogP contribution in [-0.4, -0.2) is 12.4 Å². The van der Waals surface area contributed by atoms with Gasteiger partial charge >= 0.3 is 0 Å². The van der Waals surface area contributed by atoms with Crippen LogP contribution in [-0.2, 0) is 0 Å². The Labute approximate surface area is 113 Å². The molecule has 2 heteroatoms. The molecule has 2 aromatic rings. The van der Waals surface area contributed by atoms with Crippen molar-refractivity contribution in [3.63, 3.8) is 0 Å². The zero-order valence-corrected chi connectivity index (χ0v) is 11.0. The summed E-state index contributed by atoms with van der Waals surface area (Å²) >= 11 is 0. The molecule has 0 aliphatic heterocycles. The molecule has 3 rings (SSSR count). The molecule has 0 saturated heterocycles. The van der Waals surface area contributed by atoms with Gasteiger partial charge in [-0.2, -0.15) is 0 Å². The second-order valence-electron chi connectivity index (χ2n) is 5.26. The molecule has 0 aromatic heterocycles. The van der Waals surface area contributed by atoms with Crippen LogP contribution in [0.5, 0.6) is 5.75 Å². The normalized spacial score (nSPS) is 16.4. The van der Waals surface area contributed by atoms with Gasteiger partial charge in [-0.3, -0.25) is 4.79 Å². The van der Waals surface area contributed by atoms with Crippen LogP contribution in [0, 0.1) is 0 Å². The summed E-state index contributed by atoms with van der Waals surface area (Å²) in [6, 6.07) is 11.8. The van der Waals surface area contributed by atoms with Gasteiger partial charge in [0.2, 0.25) is 0 Å². The maximum Gasteiger partial charge on any atom is 0.150 e. The molecule has 0 N–H and O–H groups in total. The quantitative estimate of drug-likeness (QED) is 0.760. The first-order chi connectivity index (χ1) is 9.35. The Morgan fingerprint density at radius 3 is 2.47 bits per heavy atom. The molecular weight excluding hydrogens is 236 g/mol. The minimum atomic E-state index is 0.375. The monoisotopic (exact) mass is 254 g/mol. The Hall–Kier alpha value is -1.83. The van der Waals surface area contributed by atoms with Crippen LogP contribution in [0.3, 0.4) is 0 Å². The molecule has 0 atom stereocenters. The van der Waals surface area contributed by atoms with Crippen molar-refractivity contribution in [1.82, 2.24) is 0 Å². The number of carbonyl (C=O) groups excluding carboxylic acids is 1. The minimum absolute atomic E-state index is 0.375. The van der Waals surface area contributed by atoms with Crippen LogP contribution in [0.25, 0.3) is 10.8 Å². The third kappa shape index (κ3) is 2.78. The number of ether oxygens (including phenoxy) is 1. The molecule has 0 spiro atoms. The second kappa shape index (κ2) is 5.43. The van der Waals surface area contributed by atoms with Crippen LogP contribution in [0.15, 0.2) is 36.4 Å². The van der Waals surface area contributed by atoms with E-state index in [0.717, 1.165) is 22.8 Å². The van der Waals surface area contributed by atoms with E-state index in [1.807, 2.05) is 30.3 Å². The fourth-order valence-corrected chi connectivity index (χ4v) is 2.76. The Balaban J connectivity index is 1.82. The van der Waals surface area contributed by atoms with E-state index in [1.165, 1.54) is 32.1 Å². The summed E-state index contributed by atoms with van der Waals surface area (Å²) in [7, 11) is 0. The molecule has 0 bridgehead atoms. The van der Waals surface area contributed by atoms with E-state index in [2.05, 4.69) is 6.07 Å². The SMILES string of the molecule is O=Cc1ccc2cc(OC3CCCCC3)ccc2c1. The van der Waals surface area contributed by atoms with Crippen molar-refractivity contribution in [2.75, 3.05) is 0 Å². The van der Waals surface area contributed by atoms with E-state index in [0.29, 0.717) is 11.7 Å². The van der Waals surface area contributed by atoms with Crippen molar-refractivity contribution in [3.8, 4) is 5.75 Å². The third-order valence-electron chi connectivity index (χ3n) is 3.83. The summed E-state index contributed by atoms with van der Waals surface area (Å²) in [6.07, 6.45) is 7.49. The first-order valence-corrected chi connectivity index (χ1v) is 7.01. The number of aldehydes is 1. The average molecular weight is 254 g/mol. The number of hydrogen-bond donors (Lipinski definition) is 0. The molecule has 98 valence electrons. The summed E-state index contributed by atoms with van der Waals surface area (Å²) < 4.78 is 6.05. The molecule has 0 unspecified atom stereocenters. The van der Waals surface area contributed by atoms with Crippen LogP contribution < -0.4 is 4.74 Å². The molecule has 1 saturated carbocycles. The van der Waals surface area contributed by atoms with Gasteiger partial charge < -0.3 is 4.74 Å². The lowest BCUT2D eigenvalue weighted by atomic mass is 9.98. The lowest BCUT2D eigenvalue weighted by Crippen LogP contribution is -2.19. The van der Waals surface area contributed by atoms with Crippen molar-refractivity contribution in [2.45, 2.75) is 38.2 Å². The number of hydrogen-bond acceptors (Lipinski definition) is 2. The Kier molecular flexibility index (Phi) is 3.49. The third-order valence-corrected chi connectivity index (χ3v) is 3.83. The number of benzene rings is 2. The zero-order valence-electron chi connectivity index (χ0n) is 11.0. The molecule has 0 heterocycles. The van der Waals surface area contributed by atoms with E-state index in [1.54, 1.807) is 0 Å². The van der Waals surface area contributed by atoms with E-state index >= 15 is 0 Å². The number of fused-ring (bicyclic) bond motifs is 1. The summed E-state index contributed by atoms with van der Waals surface area (Å²) in [5, 5.41) is 2.21. The van der Waals surface area contributed by atoms with E-state index in [4.69, 9.17) is 4.74 Å². The lowest BCUT2D eigenvalue weighted by Gasteiger charge is -2.23. The van der Waals surface area contributed by atoms with Gasteiger partial charge in [-0.05, 0) is 54.7 Å². The summed E-state index contributed by atoms with van der Waals surface area (Å²) in [5.41, 5.74) is 0.716. The molecule has 2 nitrogen and oxygen atoms in total. The summed E-state index contributed by atoms with van der Waals surface area (Å²) in [6.45, 7) is 0. The Morgan fingerprint density at radius 2 is 1.68 bits per heavy atom. The standard InChI is InChI=1S/C17H18O2/c18-12-13-6-7-15-11-17(9-8-14(15)10-13)19-16-4-2-1-3-5-16/h6-12,16H,1-5H2. The molecule has 1 aliphatic carbocycles. The van der Waals surface area contributed by atoms with Gasteiger partial charge in [0, 0.05) is 5.56 Å². The van der Waals surface area contributed by atoms with Gasteiger partial charge in [0.25, 0.3) is 0 Å². The lowest BCUT2D eigenvalue weighted by molar-refractivity contribution is 0.112. The van der Waals surface area contributed by atoms with Crippen LogP contribution in [0.1, 0.15) is 42.5 Å². The second-order valence-corrected chi connectivity index (χ2v) is 5.26. The minimum Gasteiger partial charge on any atom is -0.490 e. The smallest absolute Gasteiger partial charge is 0.150 e. The van der Waals surface area contributed by atoms with Crippen LogP contribution >= 0.6 is 0 Å². The zero-order chi connectivity index (χ0) is 13.1. The number of rotatable bonds is 3. The largest absolute Gasteiger partial charge is 0.490 e. The van der Waals surface area contributed by atoms with Gasteiger partial charge in [0.05, 0.1) is 6.10 Å². The highest BCUT2D eigenvalue weighted by Gasteiger charge is 2.14.